The maximum absolute atomic E-state index is 11.0. The third-order valence-electron chi connectivity index (χ3n) is 2.68. The van der Waals surface area contributed by atoms with Crippen LogP contribution in [0.1, 0.15) is 16.8 Å². The van der Waals surface area contributed by atoms with Crippen LogP contribution in [0.25, 0.3) is 0 Å². The summed E-state index contributed by atoms with van der Waals surface area (Å²) in [5.74, 6) is 0. The van der Waals surface area contributed by atoms with Gasteiger partial charge < -0.3 is 14.7 Å². The molecule has 0 bridgehead atoms. The van der Waals surface area contributed by atoms with E-state index in [0.29, 0.717) is 12.3 Å². The van der Waals surface area contributed by atoms with Crippen molar-refractivity contribution in [1.29, 1.82) is 0 Å². The van der Waals surface area contributed by atoms with E-state index in [-0.39, 0.29) is 0 Å². The van der Waals surface area contributed by atoms with Gasteiger partial charge in [-0.2, -0.15) is 0 Å². The van der Waals surface area contributed by atoms with Gasteiger partial charge in [0.25, 0.3) is 0 Å². The van der Waals surface area contributed by atoms with E-state index >= 15 is 0 Å². The lowest BCUT2D eigenvalue weighted by molar-refractivity contribution is 0.132. The maximum atomic E-state index is 11.0. The molecule has 2 rings (SSSR count). The Bertz CT molecular complexity index is 664. The highest BCUT2D eigenvalue weighted by molar-refractivity contribution is 5.75. The second-order valence-electron chi connectivity index (χ2n) is 4.90. The molecule has 1 aromatic carbocycles. The van der Waals surface area contributed by atoms with Gasteiger partial charge in [-0.1, -0.05) is 29.4 Å². The Balaban J connectivity index is 1.90. The number of nitrogens with one attached hydrogen (secondary N) is 1. The van der Waals surface area contributed by atoms with Gasteiger partial charge in [0.2, 0.25) is 0 Å². The van der Waals surface area contributed by atoms with Gasteiger partial charge in [-0.15, -0.1) is 0 Å². The normalized spacial score (nSPS) is 11.2. The summed E-state index contributed by atoms with van der Waals surface area (Å²) in [6, 6.07) is 9.80. The second-order valence-corrected chi connectivity index (χ2v) is 4.90. The van der Waals surface area contributed by atoms with E-state index in [0.717, 1.165) is 12.1 Å². The summed E-state index contributed by atoms with van der Waals surface area (Å²) in [6.45, 7) is 1.27. The number of nitrogens with zero attached hydrogens (tertiary/aromatic N) is 3. The van der Waals surface area contributed by atoms with Gasteiger partial charge in [0.1, 0.15) is 6.61 Å². The molecule has 1 heterocycles. The van der Waals surface area contributed by atoms with E-state index in [1.54, 1.807) is 6.07 Å². The van der Waals surface area contributed by atoms with Gasteiger partial charge in [0, 0.05) is 12.7 Å². The summed E-state index contributed by atoms with van der Waals surface area (Å²) in [7, 11) is 4.06. The fourth-order valence-corrected chi connectivity index (χ4v) is 1.85. The molecular weight excluding hydrogens is 268 g/mol. The Morgan fingerprint density at radius 2 is 2.14 bits per heavy atom. The molecule has 0 aliphatic heterocycles. The van der Waals surface area contributed by atoms with Gasteiger partial charge in [-0.3, -0.25) is 0 Å². The smallest absolute Gasteiger partial charge is 0.345 e. The topological polar surface area (TPSA) is 70.6 Å². The third-order valence-corrected chi connectivity index (χ3v) is 2.68. The number of rotatable bonds is 6. The SMILES string of the molecule is CN(C)Cc1cccc(CO/N=C/c2ccnc(=O)[nH]2)c1. The lowest BCUT2D eigenvalue weighted by atomic mass is 10.1. The van der Waals surface area contributed by atoms with Crippen molar-refractivity contribution in [2.45, 2.75) is 13.2 Å². The lowest BCUT2D eigenvalue weighted by Crippen LogP contribution is -2.11. The third kappa shape index (κ3) is 5.19. The fourth-order valence-electron chi connectivity index (χ4n) is 1.85. The molecule has 21 heavy (non-hydrogen) atoms. The number of aromatic amines is 1. The van der Waals surface area contributed by atoms with Gasteiger partial charge in [0.05, 0.1) is 11.9 Å². The number of aromatic nitrogens is 2. The molecule has 0 amide bonds. The number of benzene rings is 1. The Labute approximate surface area is 123 Å². The van der Waals surface area contributed by atoms with Crippen LogP contribution in [0.4, 0.5) is 0 Å². The molecule has 0 radical (unpaired) electrons. The van der Waals surface area contributed by atoms with E-state index in [2.05, 4.69) is 32.2 Å². The van der Waals surface area contributed by atoms with Crippen LogP contribution in [0, 0.1) is 0 Å². The summed E-state index contributed by atoms with van der Waals surface area (Å²) in [5, 5.41) is 3.84. The van der Waals surface area contributed by atoms with E-state index in [4.69, 9.17) is 4.84 Å². The Morgan fingerprint density at radius 1 is 1.33 bits per heavy atom. The number of oxime groups is 1. The van der Waals surface area contributed by atoms with Crippen LogP contribution >= 0.6 is 0 Å². The summed E-state index contributed by atoms with van der Waals surface area (Å²) in [6.07, 6.45) is 2.87. The Kier molecular flexibility index (Phi) is 5.22. The van der Waals surface area contributed by atoms with Crippen molar-refractivity contribution in [3.05, 3.63) is 63.8 Å². The van der Waals surface area contributed by atoms with Crippen molar-refractivity contribution in [3.63, 3.8) is 0 Å². The molecule has 0 saturated carbocycles. The van der Waals surface area contributed by atoms with Crippen LogP contribution in [0.5, 0.6) is 0 Å². The lowest BCUT2D eigenvalue weighted by Gasteiger charge is -2.10. The Morgan fingerprint density at radius 3 is 2.90 bits per heavy atom. The number of hydrogen-bond acceptors (Lipinski definition) is 5. The van der Waals surface area contributed by atoms with Crippen LogP contribution in [0.15, 0.2) is 46.5 Å². The zero-order chi connectivity index (χ0) is 15.1. The zero-order valence-corrected chi connectivity index (χ0v) is 12.1. The van der Waals surface area contributed by atoms with E-state index in [1.165, 1.54) is 18.0 Å². The van der Waals surface area contributed by atoms with Gasteiger partial charge >= 0.3 is 5.69 Å². The first-order valence-electron chi connectivity index (χ1n) is 6.57. The van der Waals surface area contributed by atoms with Gasteiger partial charge in [-0.05, 0) is 31.3 Å². The highest BCUT2D eigenvalue weighted by Crippen LogP contribution is 2.08. The van der Waals surface area contributed by atoms with E-state index in [1.807, 2.05) is 26.2 Å². The summed E-state index contributed by atoms with van der Waals surface area (Å²) in [5.41, 5.74) is 2.42. The van der Waals surface area contributed by atoms with Crippen molar-refractivity contribution in [1.82, 2.24) is 14.9 Å². The molecule has 0 saturated heterocycles. The molecule has 0 spiro atoms. The molecule has 2 aromatic rings. The average molecular weight is 286 g/mol. The minimum absolute atomic E-state index is 0.382. The predicted molar refractivity (Wildman–Crippen MR) is 81.1 cm³/mol. The molecule has 110 valence electrons. The molecule has 0 atom stereocenters. The van der Waals surface area contributed by atoms with Crippen molar-refractivity contribution in [2.75, 3.05) is 14.1 Å². The van der Waals surface area contributed by atoms with Crippen molar-refractivity contribution >= 4 is 6.21 Å². The largest absolute Gasteiger partial charge is 0.391 e. The highest BCUT2D eigenvalue weighted by atomic mass is 16.6. The standard InChI is InChI=1S/C15H18N4O2/c1-19(2)10-12-4-3-5-13(8-12)11-21-17-9-14-6-7-16-15(20)18-14/h3-9H,10-11H2,1-2H3,(H,16,18,20)/b17-9+. The van der Waals surface area contributed by atoms with Crippen LogP contribution < -0.4 is 5.69 Å². The number of H-pyrrole nitrogens is 1. The molecule has 6 heteroatoms. The molecule has 0 unspecified atom stereocenters. The van der Waals surface area contributed by atoms with Crippen molar-refractivity contribution < 1.29 is 4.84 Å². The van der Waals surface area contributed by atoms with Crippen molar-refractivity contribution in [2.24, 2.45) is 5.16 Å². The monoisotopic (exact) mass is 286 g/mol. The highest BCUT2D eigenvalue weighted by Gasteiger charge is 1.98. The van der Waals surface area contributed by atoms with Crippen molar-refractivity contribution in [3.8, 4) is 0 Å². The first-order chi connectivity index (χ1) is 10.1. The average Bonchev–Trinajstić information content (AvgIpc) is 2.43. The molecular formula is C15H18N4O2. The minimum atomic E-state index is -0.407. The Hall–Kier alpha value is -2.47. The predicted octanol–water partition coefficient (Wildman–Crippen LogP) is 1.38. The quantitative estimate of drug-likeness (QED) is 0.643. The molecule has 1 N–H and O–H groups in total. The molecule has 0 fully saturated rings. The van der Waals surface area contributed by atoms with Gasteiger partial charge in [0.15, 0.2) is 0 Å². The minimum Gasteiger partial charge on any atom is -0.391 e. The van der Waals surface area contributed by atoms with Crippen LogP contribution in [-0.2, 0) is 18.0 Å². The summed E-state index contributed by atoms with van der Waals surface area (Å²) in [4.78, 5) is 24.4. The number of hydrogen-bond donors (Lipinski definition) is 1. The molecule has 1 aromatic heterocycles. The summed E-state index contributed by atoms with van der Waals surface area (Å²) < 4.78 is 0. The van der Waals surface area contributed by atoms with E-state index in [9.17, 15) is 4.79 Å². The zero-order valence-electron chi connectivity index (χ0n) is 12.1. The second kappa shape index (κ2) is 7.35. The molecule has 0 aliphatic carbocycles. The maximum Gasteiger partial charge on any atom is 0.345 e. The molecule has 0 aliphatic rings. The summed E-state index contributed by atoms with van der Waals surface area (Å²) >= 11 is 0. The van der Waals surface area contributed by atoms with Crippen LogP contribution in [0.2, 0.25) is 0 Å². The van der Waals surface area contributed by atoms with E-state index < -0.39 is 5.69 Å². The van der Waals surface area contributed by atoms with Crippen LogP contribution in [0.3, 0.4) is 0 Å². The first kappa shape index (κ1) is 14.9. The molecule has 6 nitrogen and oxygen atoms in total. The first-order valence-corrected chi connectivity index (χ1v) is 6.57. The fraction of sp³-hybridized carbons (Fsp3) is 0.267. The van der Waals surface area contributed by atoms with Gasteiger partial charge in [-0.25, -0.2) is 9.78 Å². The van der Waals surface area contributed by atoms with Crippen LogP contribution in [-0.4, -0.2) is 35.2 Å².